The van der Waals surface area contributed by atoms with Gasteiger partial charge in [0.15, 0.2) is 5.13 Å². The Kier molecular flexibility index (Phi) is 4.66. The fourth-order valence-corrected chi connectivity index (χ4v) is 3.57. The molecule has 0 bridgehead atoms. The van der Waals surface area contributed by atoms with Gasteiger partial charge in [-0.3, -0.25) is 14.2 Å². The normalized spacial score (nSPS) is 10.9. The lowest BCUT2D eigenvalue weighted by molar-refractivity contribution is -0.116. The number of carbonyl (C=O) groups is 1. The average molecular weight is 395 g/mol. The number of nitrogens with one attached hydrogen (secondary N) is 1. The molecule has 1 aromatic carbocycles. The van der Waals surface area contributed by atoms with Gasteiger partial charge in [0.25, 0.3) is 5.56 Å². The quantitative estimate of drug-likeness (QED) is 0.561. The van der Waals surface area contributed by atoms with Gasteiger partial charge in [0.2, 0.25) is 5.91 Å². The number of rotatable bonds is 5. The van der Waals surface area contributed by atoms with Gasteiger partial charge in [0, 0.05) is 30.4 Å². The van der Waals surface area contributed by atoms with E-state index in [2.05, 4.69) is 15.3 Å². The van der Waals surface area contributed by atoms with E-state index in [0.717, 1.165) is 16.9 Å². The summed E-state index contributed by atoms with van der Waals surface area (Å²) in [5.41, 5.74) is 2.46. The Hall–Kier alpha value is -3.46. The predicted molar refractivity (Wildman–Crippen MR) is 108 cm³/mol. The summed E-state index contributed by atoms with van der Waals surface area (Å²) in [4.78, 5) is 33.6. The van der Waals surface area contributed by atoms with E-state index in [0.29, 0.717) is 16.2 Å². The Morgan fingerprint density at radius 3 is 2.93 bits per heavy atom. The first-order valence-electron chi connectivity index (χ1n) is 8.45. The molecular weight excluding hydrogens is 378 g/mol. The molecule has 3 aromatic heterocycles. The molecule has 4 rings (SSSR count). The molecular formula is C19H17N5O3S. The molecule has 0 aliphatic heterocycles. The lowest BCUT2D eigenvalue weighted by atomic mass is 10.1. The van der Waals surface area contributed by atoms with Crippen molar-refractivity contribution in [3.8, 4) is 16.9 Å². The number of nitrogens with zero attached hydrogens (tertiary/aromatic N) is 4. The van der Waals surface area contributed by atoms with Crippen LogP contribution in [0.4, 0.5) is 5.13 Å². The Morgan fingerprint density at radius 2 is 2.18 bits per heavy atom. The van der Waals surface area contributed by atoms with Crippen LogP contribution in [0.15, 0.2) is 53.2 Å². The molecule has 142 valence electrons. The monoisotopic (exact) mass is 395 g/mol. The summed E-state index contributed by atoms with van der Waals surface area (Å²) < 4.78 is 8.31. The molecule has 0 saturated carbocycles. The number of aryl methyl sites for hydroxylation is 1. The molecule has 3 heterocycles. The maximum absolute atomic E-state index is 12.9. The van der Waals surface area contributed by atoms with Gasteiger partial charge < -0.3 is 14.6 Å². The van der Waals surface area contributed by atoms with Gasteiger partial charge >= 0.3 is 0 Å². The lowest BCUT2D eigenvalue weighted by Crippen LogP contribution is -2.28. The molecule has 9 heteroatoms. The van der Waals surface area contributed by atoms with Gasteiger partial charge in [0.05, 0.1) is 13.4 Å². The minimum Gasteiger partial charge on any atom is -0.497 e. The van der Waals surface area contributed by atoms with Crippen LogP contribution in [-0.2, 0) is 18.4 Å². The van der Waals surface area contributed by atoms with E-state index in [9.17, 15) is 9.59 Å². The van der Waals surface area contributed by atoms with Crippen molar-refractivity contribution in [2.45, 2.75) is 6.54 Å². The molecule has 0 spiro atoms. The van der Waals surface area contributed by atoms with Crippen LogP contribution in [0.1, 0.15) is 0 Å². The second kappa shape index (κ2) is 7.28. The van der Waals surface area contributed by atoms with Crippen LogP contribution in [0.25, 0.3) is 22.2 Å². The topological polar surface area (TPSA) is 91.0 Å². The second-order valence-electron chi connectivity index (χ2n) is 6.15. The summed E-state index contributed by atoms with van der Waals surface area (Å²) in [6, 6.07) is 7.57. The SMILES string of the molecule is COc1cccc(-c2cn(C)c3c(=O)n(CC(=O)Nc4nccs4)cnc23)c1. The fourth-order valence-electron chi connectivity index (χ4n) is 3.03. The number of hydrogen-bond acceptors (Lipinski definition) is 6. The predicted octanol–water partition coefficient (Wildman–Crippen LogP) is 2.51. The highest BCUT2D eigenvalue weighted by Gasteiger charge is 2.16. The van der Waals surface area contributed by atoms with Crippen molar-refractivity contribution >= 4 is 33.4 Å². The largest absolute Gasteiger partial charge is 0.497 e. The first-order valence-corrected chi connectivity index (χ1v) is 9.33. The van der Waals surface area contributed by atoms with E-state index >= 15 is 0 Å². The van der Waals surface area contributed by atoms with E-state index in [1.807, 2.05) is 30.5 Å². The zero-order chi connectivity index (χ0) is 19.7. The first-order chi connectivity index (χ1) is 13.6. The van der Waals surface area contributed by atoms with Crippen LogP contribution >= 0.6 is 11.3 Å². The molecule has 8 nitrogen and oxygen atoms in total. The van der Waals surface area contributed by atoms with Gasteiger partial charge in [-0.15, -0.1) is 11.3 Å². The van der Waals surface area contributed by atoms with Gasteiger partial charge in [-0.2, -0.15) is 0 Å². The fraction of sp³-hybridized carbons (Fsp3) is 0.158. The van der Waals surface area contributed by atoms with Crippen molar-refractivity contribution in [2.24, 2.45) is 7.05 Å². The molecule has 0 aliphatic carbocycles. The molecule has 1 amide bonds. The van der Waals surface area contributed by atoms with Gasteiger partial charge in [0.1, 0.15) is 23.3 Å². The molecule has 4 aromatic rings. The number of hydrogen-bond donors (Lipinski definition) is 1. The highest BCUT2D eigenvalue weighted by molar-refractivity contribution is 7.13. The molecule has 28 heavy (non-hydrogen) atoms. The minimum absolute atomic E-state index is 0.138. The third-order valence-corrected chi connectivity index (χ3v) is 5.01. The summed E-state index contributed by atoms with van der Waals surface area (Å²) in [7, 11) is 3.39. The van der Waals surface area contributed by atoms with E-state index in [-0.39, 0.29) is 18.0 Å². The van der Waals surface area contributed by atoms with Crippen LogP contribution in [0.3, 0.4) is 0 Å². The van der Waals surface area contributed by atoms with Crippen molar-refractivity contribution in [3.05, 3.63) is 58.7 Å². The molecule has 0 fully saturated rings. The Balaban J connectivity index is 1.71. The lowest BCUT2D eigenvalue weighted by Gasteiger charge is -2.06. The number of ether oxygens (including phenoxy) is 1. The van der Waals surface area contributed by atoms with Gasteiger partial charge in [-0.25, -0.2) is 9.97 Å². The standard InChI is InChI=1S/C19H17N5O3S/c1-23-9-14(12-4-3-5-13(8-12)27-2)16-17(23)18(26)24(11-21-16)10-15(25)22-19-20-6-7-28-19/h3-9,11H,10H2,1-2H3,(H,20,22,25). The first kappa shape index (κ1) is 17.9. The number of fused-ring (bicyclic) bond motifs is 1. The number of methoxy groups -OCH3 is 1. The molecule has 0 aliphatic rings. The van der Waals surface area contributed by atoms with E-state index < -0.39 is 0 Å². The van der Waals surface area contributed by atoms with Crippen molar-refractivity contribution in [1.82, 2.24) is 19.1 Å². The molecule has 0 saturated heterocycles. The molecule has 1 N–H and O–H groups in total. The summed E-state index contributed by atoms with van der Waals surface area (Å²) >= 11 is 1.31. The summed E-state index contributed by atoms with van der Waals surface area (Å²) in [5, 5.41) is 4.92. The van der Waals surface area contributed by atoms with Gasteiger partial charge in [-0.1, -0.05) is 12.1 Å². The Labute approximate surface area is 164 Å². The molecule has 0 atom stereocenters. The maximum Gasteiger partial charge on any atom is 0.278 e. The maximum atomic E-state index is 12.9. The number of aromatic nitrogens is 4. The van der Waals surface area contributed by atoms with E-state index in [1.54, 1.807) is 30.3 Å². The van der Waals surface area contributed by atoms with Crippen LogP contribution in [0, 0.1) is 0 Å². The van der Waals surface area contributed by atoms with E-state index in [4.69, 9.17) is 4.74 Å². The highest BCUT2D eigenvalue weighted by atomic mass is 32.1. The minimum atomic E-state index is -0.333. The Morgan fingerprint density at radius 1 is 1.32 bits per heavy atom. The number of amides is 1. The van der Waals surface area contributed by atoms with Crippen molar-refractivity contribution in [2.75, 3.05) is 12.4 Å². The zero-order valence-electron chi connectivity index (χ0n) is 15.2. The highest BCUT2D eigenvalue weighted by Crippen LogP contribution is 2.29. The summed E-state index contributed by atoms with van der Waals surface area (Å²) in [6.45, 7) is -0.138. The number of benzene rings is 1. The van der Waals surface area contributed by atoms with Gasteiger partial charge in [-0.05, 0) is 17.7 Å². The third kappa shape index (κ3) is 3.27. The van der Waals surface area contributed by atoms with Crippen LogP contribution in [0.2, 0.25) is 0 Å². The number of thiazole rings is 1. The van der Waals surface area contributed by atoms with Crippen LogP contribution in [-0.4, -0.2) is 32.1 Å². The molecule has 0 radical (unpaired) electrons. The number of anilines is 1. The second-order valence-corrected chi connectivity index (χ2v) is 7.04. The average Bonchev–Trinajstić information content (AvgIpc) is 3.32. The Bertz CT molecular complexity index is 1210. The van der Waals surface area contributed by atoms with Crippen molar-refractivity contribution in [1.29, 1.82) is 0 Å². The van der Waals surface area contributed by atoms with E-state index in [1.165, 1.54) is 22.2 Å². The van der Waals surface area contributed by atoms with Crippen molar-refractivity contribution < 1.29 is 9.53 Å². The zero-order valence-corrected chi connectivity index (χ0v) is 16.1. The summed E-state index contributed by atoms with van der Waals surface area (Å²) in [5.74, 6) is 0.391. The van der Waals surface area contributed by atoms with Crippen molar-refractivity contribution in [3.63, 3.8) is 0 Å². The number of carbonyl (C=O) groups excluding carboxylic acids is 1. The third-order valence-electron chi connectivity index (χ3n) is 4.32. The smallest absolute Gasteiger partial charge is 0.278 e. The van der Waals surface area contributed by atoms with Crippen LogP contribution in [0.5, 0.6) is 5.75 Å². The summed E-state index contributed by atoms with van der Waals surface area (Å²) in [6.07, 6.45) is 4.85. The molecule has 0 unspecified atom stereocenters. The van der Waals surface area contributed by atoms with Crippen LogP contribution < -0.4 is 15.6 Å².